The van der Waals surface area contributed by atoms with Crippen molar-refractivity contribution in [1.82, 2.24) is 15.2 Å². The van der Waals surface area contributed by atoms with Crippen LogP contribution >= 0.6 is 0 Å². The molecule has 3 aliphatic rings. The Hall–Kier alpha value is -2.88. The number of nitrogens with zero attached hydrogens (tertiary/aromatic N) is 2. The molecule has 216 valence electrons. The number of aliphatic carboxylic acids is 1. The first kappa shape index (κ1) is 29.1. The number of alkyl carbamates (subject to hydrolysis) is 1. The Bertz CT molecular complexity index is 1040. The van der Waals surface area contributed by atoms with Crippen LogP contribution in [-0.2, 0) is 38.3 Å². The van der Waals surface area contributed by atoms with E-state index in [1.807, 2.05) is 0 Å². The maximum Gasteiger partial charge on any atom is 0.410 e. The highest BCUT2D eigenvalue weighted by molar-refractivity contribution is 5.80. The number of fused-ring (bicyclic) bond motifs is 1. The van der Waals surface area contributed by atoms with E-state index in [9.17, 15) is 19.5 Å². The topological polar surface area (TPSA) is 127 Å². The minimum atomic E-state index is -1.14. The van der Waals surface area contributed by atoms with E-state index >= 15 is 0 Å². The van der Waals surface area contributed by atoms with Crippen LogP contribution in [0.1, 0.15) is 83.2 Å². The average molecular weight is 546 g/mol. The van der Waals surface area contributed by atoms with Crippen molar-refractivity contribution in [3.8, 4) is 0 Å². The quantitative estimate of drug-likeness (QED) is 0.446. The molecule has 0 radical (unpaired) electrons. The van der Waals surface area contributed by atoms with E-state index < -0.39 is 35.4 Å². The molecule has 2 fully saturated rings. The summed E-state index contributed by atoms with van der Waals surface area (Å²) in [7, 11) is 0. The lowest BCUT2D eigenvalue weighted by Gasteiger charge is -2.46. The number of carbonyl (C=O) groups is 3. The zero-order valence-electron chi connectivity index (χ0n) is 23.7. The highest BCUT2D eigenvalue weighted by Crippen LogP contribution is 2.34. The maximum absolute atomic E-state index is 12.4. The van der Waals surface area contributed by atoms with Gasteiger partial charge in [0.15, 0.2) is 0 Å². The third-order valence-corrected chi connectivity index (χ3v) is 7.63. The molecule has 39 heavy (non-hydrogen) atoms. The molecule has 2 N–H and O–H groups in total. The van der Waals surface area contributed by atoms with E-state index in [-0.39, 0.29) is 32.2 Å². The number of pyridine rings is 1. The van der Waals surface area contributed by atoms with Gasteiger partial charge in [0.25, 0.3) is 0 Å². The van der Waals surface area contributed by atoms with Crippen LogP contribution in [-0.4, -0.2) is 76.2 Å². The smallest absolute Gasteiger partial charge is 0.410 e. The van der Waals surface area contributed by atoms with E-state index in [4.69, 9.17) is 19.2 Å². The predicted molar refractivity (Wildman–Crippen MR) is 144 cm³/mol. The van der Waals surface area contributed by atoms with Crippen LogP contribution in [0.5, 0.6) is 0 Å². The van der Waals surface area contributed by atoms with Crippen LogP contribution in [0, 0.1) is 5.92 Å². The molecule has 1 saturated carbocycles. The lowest BCUT2D eigenvalue weighted by molar-refractivity contribution is -0.140. The Morgan fingerprint density at radius 1 is 1.18 bits per heavy atom. The SMILES string of the molecule is CC(C)(C)OC(=O)N1CC(C)(OC(=O)NC(CCOC2CC(CCc3ccc4c(n3)CCCC4)C2)C(=O)O)C1. The molecule has 2 amide bonds. The molecule has 1 aromatic heterocycles. The highest BCUT2D eigenvalue weighted by Gasteiger charge is 2.46. The Morgan fingerprint density at radius 2 is 1.90 bits per heavy atom. The van der Waals surface area contributed by atoms with Gasteiger partial charge in [-0.25, -0.2) is 14.4 Å². The van der Waals surface area contributed by atoms with Crippen molar-refractivity contribution in [3.63, 3.8) is 0 Å². The first-order chi connectivity index (χ1) is 18.4. The van der Waals surface area contributed by atoms with E-state index in [1.165, 1.54) is 34.7 Å². The number of rotatable bonds is 10. The van der Waals surface area contributed by atoms with Crippen molar-refractivity contribution in [3.05, 3.63) is 29.1 Å². The van der Waals surface area contributed by atoms with Gasteiger partial charge in [-0.05, 0) is 96.6 Å². The number of carboxylic acids is 1. The molecule has 1 atom stereocenters. The number of aryl methyl sites for hydroxylation is 3. The molecular weight excluding hydrogens is 502 g/mol. The summed E-state index contributed by atoms with van der Waals surface area (Å²) in [5, 5.41) is 12.0. The van der Waals surface area contributed by atoms with Gasteiger partial charge in [0, 0.05) is 24.4 Å². The first-order valence-corrected chi connectivity index (χ1v) is 14.2. The molecule has 10 nitrogen and oxygen atoms in total. The maximum atomic E-state index is 12.4. The molecule has 0 bridgehead atoms. The van der Waals surface area contributed by atoms with Gasteiger partial charge in [-0.1, -0.05) is 6.07 Å². The van der Waals surface area contributed by atoms with Crippen LogP contribution < -0.4 is 5.32 Å². The van der Waals surface area contributed by atoms with Crippen LogP contribution in [0.25, 0.3) is 0 Å². The summed E-state index contributed by atoms with van der Waals surface area (Å²) in [6, 6.07) is 3.30. The van der Waals surface area contributed by atoms with Gasteiger partial charge in [-0.3, -0.25) is 4.98 Å². The van der Waals surface area contributed by atoms with Gasteiger partial charge in [0.1, 0.15) is 17.2 Å². The monoisotopic (exact) mass is 545 g/mol. The van der Waals surface area contributed by atoms with Gasteiger partial charge in [0.2, 0.25) is 0 Å². The normalized spacial score (nSPS) is 22.5. The molecule has 0 aromatic carbocycles. The van der Waals surface area contributed by atoms with Crippen molar-refractivity contribution < 1.29 is 33.7 Å². The summed E-state index contributed by atoms with van der Waals surface area (Å²) in [5.74, 6) is -0.548. The molecule has 1 aromatic rings. The molecule has 10 heteroatoms. The second-order valence-corrected chi connectivity index (χ2v) is 12.5. The van der Waals surface area contributed by atoms with Crippen molar-refractivity contribution in [2.45, 2.75) is 109 Å². The summed E-state index contributed by atoms with van der Waals surface area (Å²) in [6.07, 6.45) is 7.70. The molecule has 2 heterocycles. The summed E-state index contributed by atoms with van der Waals surface area (Å²) >= 11 is 0. The molecular formula is C29H43N3O7. The summed E-state index contributed by atoms with van der Waals surface area (Å²) in [6.45, 7) is 7.64. The number of hydrogen-bond acceptors (Lipinski definition) is 7. The highest BCUT2D eigenvalue weighted by atomic mass is 16.6. The number of amides is 2. The van der Waals surface area contributed by atoms with Crippen molar-refractivity contribution in [2.75, 3.05) is 19.7 Å². The Morgan fingerprint density at radius 3 is 2.59 bits per heavy atom. The molecule has 1 aliphatic heterocycles. The van der Waals surface area contributed by atoms with Crippen LogP contribution in [0.2, 0.25) is 0 Å². The largest absolute Gasteiger partial charge is 0.480 e. The Labute approximate surface area is 230 Å². The van der Waals surface area contributed by atoms with E-state index in [0.717, 1.165) is 38.5 Å². The predicted octanol–water partition coefficient (Wildman–Crippen LogP) is 4.27. The van der Waals surface area contributed by atoms with E-state index in [2.05, 4.69) is 17.4 Å². The second kappa shape index (κ2) is 12.1. The molecule has 1 saturated heterocycles. The lowest BCUT2D eigenvalue weighted by atomic mass is 9.79. The third-order valence-electron chi connectivity index (χ3n) is 7.63. The minimum absolute atomic E-state index is 0.126. The lowest BCUT2D eigenvalue weighted by Crippen LogP contribution is -2.65. The van der Waals surface area contributed by atoms with Gasteiger partial charge in [-0.15, -0.1) is 0 Å². The van der Waals surface area contributed by atoms with Crippen molar-refractivity contribution in [1.29, 1.82) is 0 Å². The van der Waals surface area contributed by atoms with Crippen LogP contribution in [0.15, 0.2) is 12.1 Å². The molecule has 2 aliphatic carbocycles. The summed E-state index contributed by atoms with van der Waals surface area (Å²) < 4.78 is 16.6. The zero-order valence-corrected chi connectivity index (χ0v) is 23.7. The number of nitrogens with one attached hydrogen (secondary N) is 1. The number of carboxylic acid groups (broad SMARTS) is 1. The second-order valence-electron chi connectivity index (χ2n) is 12.5. The van der Waals surface area contributed by atoms with Gasteiger partial charge in [-0.2, -0.15) is 0 Å². The molecule has 0 spiro atoms. The van der Waals surface area contributed by atoms with Crippen LogP contribution in [0.4, 0.5) is 9.59 Å². The van der Waals surface area contributed by atoms with Gasteiger partial charge >= 0.3 is 18.2 Å². The van der Waals surface area contributed by atoms with E-state index in [0.29, 0.717) is 5.92 Å². The van der Waals surface area contributed by atoms with E-state index in [1.54, 1.807) is 27.7 Å². The number of aromatic nitrogens is 1. The standard InChI is InChI=1S/C29H43N3O7/c1-28(2,3)39-27(36)32-17-29(4,18-32)38-26(35)31-24(25(33)34)13-14-37-22-15-19(16-22)9-11-21-12-10-20-7-5-6-8-23(20)30-21/h10,12,19,22,24H,5-9,11,13-18H2,1-4H3,(H,31,35)(H,33,34). The summed E-state index contributed by atoms with van der Waals surface area (Å²) in [5.41, 5.74) is 2.36. The fraction of sp³-hybridized carbons (Fsp3) is 0.724. The number of likely N-dealkylation sites (tertiary alicyclic amines) is 1. The first-order valence-electron chi connectivity index (χ1n) is 14.2. The fourth-order valence-electron chi connectivity index (χ4n) is 5.45. The number of hydrogen-bond donors (Lipinski definition) is 2. The molecule has 1 unspecified atom stereocenters. The minimum Gasteiger partial charge on any atom is -0.480 e. The average Bonchev–Trinajstić information content (AvgIpc) is 2.81. The fourth-order valence-corrected chi connectivity index (χ4v) is 5.45. The zero-order chi connectivity index (χ0) is 28.2. The summed E-state index contributed by atoms with van der Waals surface area (Å²) in [4.78, 5) is 42.5. The number of ether oxygens (including phenoxy) is 3. The van der Waals surface area contributed by atoms with Crippen molar-refractivity contribution in [2.24, 2.45) is 5.92 Å². The van der Waals surface area contributed by atoms with Gasteiger partial charge < -0.3 is 29.5 Å². The third kappa shape index (κ3) is 8.30. The van der Waals surface area contributed by atoms with Crippen molar-refractivity contribution >= 4 is 18.2 Å². The van der Waals surface area contributed by atoms with Gasteiger partial charge in [0.05, 0.1) is 19.2 Å². The Kier molecular flexibility index (Phi) is 9.03. The Balaban J connectivity index is 1.10. The molecule has 4 rings (SSSR count). The number of carbonyl (C=O) groups excluding carboxylic acids is 2. The van der Waals surface area contributed by atoms with Crippen LogP contribution in [0.3, 0.4) is 0 Å².